The molecule has 3 N–H and O–H groups in total. The van der Waals surface area contributed by atoms with Gasteiger partial charge < -0.3 is 5.73 Å². The van der Waals surface area contributed by atoms with Gasteiger partial charge in [-0.15, -0.1) is 0 Å². The molecule has 0 amide bonds. The molecule has 0 unspecified atom stereocenters. The van der Waals surface area contributed by atoms with E-state index >= 15 is 0 Å². The van der Waals surface area contributed by atoms with Crippen molar-refractivity contribution in [3.05, 3.63) is 24.2 Å². The molecular formula is C8H9N5S. The molecule has 6 heteroatoms. The van der Waals surface area contributed by atoms with Gasteiger partial charge >= 0.3 is 0 Å². The Morgan fingerprint density at radius 2 is 2.29 bits per heavy atom. The van der Waals surface area contributed by atoms with Gasteiger partial charge in [-0.3, -0.25) is 5.10 Å². The molecule has 72 valence electrons. The predicted molar refractivity (Wildman–Crippen MR) is 53.9 cm³/mol. The lowest BCUT2D eigenvalue weighted by molar-refractivity contribution is 0.967. The lowest BCUT2D eigenvalue weighted by Crippen LogP contribution is -1.91. The van der Waals surface area contributed by atoms with Crippen molar-refractivity contribution in [2.24, 2.45) is 0 Å². The zero-order chi connectivity index (χ0) is 9.97. The lowest BCUT2D eigenvalue weighted by Gasteiger charge is -2.01. The van der Waals surface area contributed by atoms with Gasteiger partial charge in [-0.2, -0.15) is 5.10 Å². The first-order valence-electron chi connectivity index (χ1n) is 4.01. The maximum absolute atomic E-state index is 5.65. The first-order chi connectivity index (χ1) is 6.75. The summed E-state index contributed by atoms with van der Waals surface area (Å²) in [6.45, 7) is 1.95. The number of nitrogen functional groups attached to an aromatic ring is 1. The van der Waals surface area contributed by atoms with Gasteiger partial charge in [0, 0.05) is 0 Å². The van der Waals surface area contributed by atoms with E-state index < -0.39 is 0 Å². The Bertz CT molecular complexity index is 425. The highest BCUT2D eigenvalue weighted by molar-refractivity contribution is 7.99. The summed E-state index contributed by atoms with van der Waals surface area (Å²) in [4.78, 5) is 8.15. The van der Waals surface area contributed by atoms with Crippen molar-refractivity contribution in [1.82, 2.24) is 20.2 Å². The van der Waals surface area contributed by atoms with Crippen LogP contribution in [0, 0.1) is 6.92 Å². The number of aryl methyl sites for hydroxylation is 1. The molecule has 0 saturated heterocycles. The maximum Gasteiger partial charge on any atom is 0.189 e. The number of aromatic nitrogens is 4. The summed E-state index contributed by atoms with van der Waals surface area (Å²) in [7, 11) is 0. The van der Waals surface area contributed by atoms with Gasteiger partial charge in [0.1, 0.15) is 11.4 Å². The molecule has 2 rings (SSSR count). The summed E-state index contributed by atoms with van der Waals surface area (Å²) < 4.78 is 0. The maximum atomic E-state index is 5.65. The second-order valence-corrected chi connectivity index (χ2v) is 3.78. The third-order valence-corrected chi connectivity index (χ3v) is 2.54. The van der Waals surface area contributed by atoms with Crippen LogP contribution in [-0.4, -0.2) is 20.2 Å². The number of hydrogen-bond donors (Lipinski definition) is 2. The molecule has 2 aromatic heterocycles. The Labute approximate surface area is 85.2 Å². The van der Waals surface area contributed by atoms with Crippen LogP contribution in [0.4, 0.5) is 5.69 Å². The van der Waals surface area contributed by atoms with Gasteiger partial charge in [-0.05, 0) is 30.3 Å². The second-order valence-electron chi connectivity index (χ2n) is 2.77. The van der Waals surface area contributed by atoms with Gasteiger partial charge in [-0.1, -0.05) is 0 Å². The first kappa shape index (κ1) is 9.01. The number of nitrogens with one attached hydrogen (secondary N) is 1. The van der Waals surface area contributed by atoms with Crippen LogP contribution in [0.3, 0.4) is 0 Å². The summed E-state index contributed by atoms with van der Waals surface area (Å²) in [6, 6.07) is 1.92. The number of nitrogens with zero attached hydrogens (tertiary/aromatic N) is 3. The molecule has 0 spiro atoms. The molecule has 0 bridgehead atoms. The SMILES string of the molecule is Cc1cc(Sc2ncn[nH]2)ncc1N. The van der Waals surface area contributed by atoms with Crippen LogP contribution in [0.5, 0.6) is 0 Å². The third-order valence-electron chi connectivity index (χ3n) is 1.72. The summed E-state index contributed by atoms with van der Waals surface area (Å²) in [5.74, 6) is 0. The number of pyridine rings is 1. The van der Waals surface area contributed by atoms with E-state index in [0.29, 0.717) is 5.69 Å². The minimum Gasteiger partial charge on any atom is -0.397 e. The molecule has 14 heavy (non-hydrogen) atoms. The minimum atomic E-state index is 0.701. The topological polar surface area (TPSA) is 80.5 Å². The van der Waals surface area contributed by atoms with Crippen LogP contribution in [0.25, 0.3) is 0 Å². The second kappa shape index (κ2) is 3.67. The van der Waals surface area contributed by atoms with Crippen molar-refractivity contribution >= 4 is 17.4 Å². The van der Waals surface area contributed by atoms with Gasteiger partial charge in [0.15, 0.2) is 5.16 Å². The fraction of sp³-hybridized carbons (Fsp3) is 0.125. The van der Waals surface area contributed by atoms with E-state index in [4.69, 9.17) is 5.73 Å². The molecule has 0 aliphatic carbocycles. The zero-order valence-corrected chi connectivity index (χ0v) is 8.38. The van der Waals surface area contributed by atoms with Crippen molar-refractivity contribution in [2.75, 3.05) is 5.73 Å². The molecule has 0 atom stereocenters. The van der Waals surface area contributed by atoms with Crippen LogP contribution in [0.2, 0.25) is 0 Å². The van der Waals surface area contributed by atoms with Crippen LogP contribution in [0.15, 0.2) is 28.8 Å². The van der Waals surface area contributed by atoms with E-state index in [-0.39, 0.29) is 0 Å². The summed E-state index contributed by atoms with van der Waals surface area (Å²) >= 11 is 1.42. The largest absolute Gasteiger partial charge is 0.397 e. The Hall–Kier alpha value is -1.56. The summed E-state index contributed by atoms with van der Waals surface area (Å²) in [6.07, 6.45) is 3.11. The van der Waals surface area contributed by atoms with E-state index in [9.17, 15) is 0 Å². The average molecular weight is 207 g/mol. The molecule has 0 fully saturated rings. The first-order valence-corrected chi connectivity index (χ1v) is 4.82. The zero-order valence-electron chi connectivity index (χ0n) is 7.56. The average Bonchev–Trinajstić information content (AvgIpc) is 2.64. The molecule has 0 aliphatic rings. The van der Waals surface area contributed by atoms with Crippen LogP contribution in [0.1, 0.15) is 5.56 Å². The molecule has 2 aromatic rings. The van der Waals surface area contributed by atoms with E-state index in [1.165, 1.54) is 18.1 Å². The van der Waals surface area contributed by atoms with E-state index in [1.807, 2.05) is 13.0 Å². The molecule has 0 saturated carbocycles. The van der Waals surface area contributed by atoms with Gasteiger partial charge in [0.25, 0.3) is 0 Å². The number of nitrogens with two attached hydrogens (primary N) is 1. The Balaban J connectivity index is 2.22. The van der Waals surface area contributed by atoms with Crippen molar-refractivity contribution in [2.45, 2.75) is 17.1 Å². The third kappa shape index (κ3) is 1.85. The highest BCUT2D eigenvalue weighted by Gasteiger charge is 2.02. The van der Waals surface area contributed by atoms with Gasteiger partial charge in [0.05, 0.1) is 11.9 Å². The van der Waals surface area contributed by atoms with Crippen molar-refractivity contribution in [3.8, 4) is 0 Å². The fourth-order valence-electron chi connectivity index (χ4n) is 0.939. The number of rotatable bonds is 2. The summed E-state index contributed by atoms with van der Waals surface area (Å²) in [5.41, 5.74) is 7.37. The monoisotopic (exact) mass is 207 g/mol. The van der Waals surface area contributed by atoms with Crippen LogP contribution in [-0.2, 0) is 0 Å². The van der Waals surface area contributed by atoms with E-state index in [2.05, 4.69) is 20.2 Å². The molecular weight excluding hydrogens is 198 g/mol. The Morgan fingerprint density at radius 1 is 1.43 bits per heavy atom. The highest BCUT2D eigenvalue weighted by atomic mass is 32.2. The van der Waals surface area contributed by atoms with Crippen molar-refractivity contribution < 1.29 is 0 Å². The van der Waals surface area contributed by atoms with E-state index in [0.717, 1.165) is 15.7 Å². The quantitative estimate of drug-likeness (QED) is 0.774. The predicted octanol–water partition coefficient (Wildman–Crippen LogP) is 1.24. The fourth-order valence-corrected chi connectivity index (χ4v) is 1.68. The lowest BCUT2D eigenvalue weighted by atomic mass is 10.3. The van der Waals surface area contributed by atoms with Gasteiger partial charge in [-0.25, -0.2) is 9.97 Å². The van der Waals surface area contributed by atoms with Crippen LogP contribution >= 0.6 is 11.8 Å². The van der Waals surface area contributed by atoms with E-state index in [1.54, 1.807) is 6.20 Å². The van der Waals surface area contributed by atoms with Crippen molar-refractivity contribution in [1.29, 1.82) is 0 Å². The number of hydrogen-bond acceptors (Lipinski definition) is 5. The number of H-pyrrole nitrogens is 1. The summed E-state index contributed by atoms with van der Waals surface area (Å²) in [5, 5.41) is 8.08. The Kier molecular flexibility index (Phi) is 2.36. The number of aromatic amines is 1. The molecule has 0 radical (unpaired) electrons. The Morgan fingerprint density at radius 3 is 2.93 bits per heavy atom. The molecule has 5 nitrogen and oxygen atoms in total. The minimum absolute atomic E-state index is 0.701. The van der Waals surface area contributed by atoms with Gasteiger partial charge in [0.2, 0.25) is 0 Å². The number of anilines is 1. The highest BCUT2D eigenvalue weighted by Crippen LogP contribution is 2.23. The van der Waals surface area contributed by atoms with Crippen LogP contribution < -0.4 is 5.73 Å². The molecule has 2 heterocycles. The van der Waals surface area contributed by atoms with Crippen molar-refractivity contribution in [3.63, 3.8) is 0 Å². The smallest absolute Gasteiger partial charge is 0.189 e. The molecule has 0 aromatic carbocycles. The standard InChI is InChI=1S/C8H9N5S/c1-5-2-7(10-3-6(5)9)14-8-11-4-12-13-8/h2-4H,9H2,1H3,(H,11,12,13). The normalized spacial score (nSPS) is 10.4. The molecule has 0 aliphatic heterocycles.